The zero-order chi connectivity index (χ0) is 17.0. The lowest BCUT2D eigenvalue weighted by molar-refractivity contribution is 0.0942. The summed E-state index contributed by atoms with van der Waals surface area (Å²) >= 11 is 2.21. The predicted molar refractivity (Wildman–Crippen MR) is 105 cm³/mol. The molecule has 2 aromatic rings. The van der Waals surface area contributed by atoms with Gasteiger partial charge in [-0.2, -0.15) is 0 Å². The maximum atomic E-state index is 12.6. The second kappa shape index (κ2) is 7.55. The van der Waals surface area contributed by atoms with E-state index in [-0.39, 0.29) is 11.3 Å². The van der Waals surface area contributed by atoms with Crippen molar-refractivity contribution in [1.82, 2.24) is 5.32 Å². The lowest BCUT2D eigenvalue weighted by Gasteiger charge is -2.30. The number of halogens is 1. The first-order valence-corrected chi connectivity index (χ1v) is 9.40. The van der Waals surface area contributed by atoms with E-state index in [1.807, 2.05) is 36.4 Å². The van der Waals surface area contributed by atoms with E-state index < -0.39 is 0 Å². The molecule has 1 aliphatic carbocycles. The van der Waals surface area contributed by atoms with Gasteiger partial charge in [-0.05, 0) is 65.3 Å². The molecule has 0 spiro atoms. The lowest BCUT2D eigenvalue weighted by Crippen LogP contribution is -2.39. The number of rotatable bonds is 5. The monoisotopic (exact) mass is 435 g/mol. The summed E-state index contributed by atoms with van der Waals surface area (Å²) in [7, 11) is 1.68. The minimum atomic E-state index is 0.0137. The third kappa shape index (κ3) is 3.58. The predicted octanol–water partition coefficient (Wildman–Crippen LogP) is 4.54. The number of methoxy groups -OCH3 is 1. The average Bonchev–Trinajstić information content (AvgIpc) is 3.10. The van der Waals surface area contributed by atoms with Crippen LogP contribution in [0, 0.1) is 3.57 Å². The standard InChI is InChI=1S/C20H22INO2/c1-24-16-10-8-15(9-11-16)20(12-4-5-13-20)14-22-19(23)17-6-2-3-7-18(17)21/h2-3,6-11H,4-5,12-14H2,1H3,(H,22,23). The Morgan fingerprint density at radius 2 is 1.79 bits per heavy atom. The van der Waals surface area contributed by atoms with Crippen LogP contribution in [-0.2, 0) is 5.41 Å². The summed E-state index contributed by atoms with van der Waals surface area (Å²) in [5.74, 6) is 0.884. The van der Waals surface area contributed by atoms with Crippen LogP contribution in [0.2, 0.25) is 0 Å². The number of hydrogen-bond acceptors (Lipinski definition) is 2. The Kier molecular flexibility index (Phi) is 5.43. The molecule has 3 rings (SSSR count). The van der Waals surface area contributed by atoms with Crippen molar-refractivity contribution in [2.75, 3.05) is 13.7 Å². The van der Waals surface area contributed by atoms with Crippen LogP contribution in [0.3, 0.4) is 0 Å². The molecule has 0 aromatic heterocycles. The molecule has 0 radical (unpaired) electrons. The second-order valence-corrected chi connectivity index (χ2v) is 7.54. The Labute approximate surface area is 156 Å². The number of nitrogens with one attached hydrogen (secondary N) is 1. The number of carbonyl (C=O) groups is 1. The lowest BCUT2D eigenvalue weighted by atomic mass is 9.78. The van der Waals surface area contributed by atoms with E-state index in [4.69, 9.17) is 4.74 Å². The van der Waals surface area contributed by atoms with Gasteiger partial charge in [0.1, 0.15) is 5.75 Å². The fourth-order valence-electron chi connectivity index (χ4n) is 3.55. The summed E-state index contributed by atoms with van der Waals surface area (Å²) in [6.45, 7) is 0.684. The molecule has 0 bridgehead atoms. The highest BCUT2D eigenvalue weighted by molar-refractivity contribution is 14.1. The fourth-order valence-corrected chi connectivity index (χ4v) is 4.19. The average molecular weight is 435 g/mol. The minimum Gasteiger partial charge on any atom is -0.497 e. The molecule has 2 aromatic carbocycles. The number of amides is 1. The summed E-state index contributed by atoms with van der Waals surface area (Å²) in [6, 6.07) is 16.0. The van der Waals surface area contributed by atoms with Crippen LogP contribution in [-0.4, -0.2) is 19.6 Å². The largest absolute Gasteiger partial charge is 0.497 e. The van der Waals surface area contributed by atoms with Crippen LogP contribution in [0.5, 0.6) is 5.75 Å². The molecule has 0 saturated heterocycles. The van der Waals surface area contributed by atoms with Crippen LogP contribution in [0.1, 0.15) is 41.6 Å². The van der Waals surface area contributed by atoms with Crippen molar-refractivity contribution in [2.24, 2.45) is 0 Å². The van der Waals surface area contributed by atoms with Gasteiger partial charge >= 0.3 is 0 Å². The highest BCUT2D eigenvalue weighted by Crippen LogP contribution is 2.41. The molecule has 126 valence electrons. The van der Waals surface area contributed by atoms with E-state index in [9.17, 15) is 4.79 Å². The Balaban J connectivity index is 1.76. The van der Waals surface area contributed by atoms with E-state index in [0.29, 0.717) is 6.54 Å². The Morgan fingerprint density at radius 3 is 2.42 bits per heavy atom. The zero-order valence-electron chi connectivity index (χ0n) is 13.8. The highest BCUT2D eigenvalue weighted by atomic mass is 127. The van der Waals surface area contributed by atoms with Gasteiger partial charge in [0.05, 0.1) is 12.7 Å². The van der Waals surface area contributed by atoms with Crippen LogP contribution in [0.4, 0.5) is 0 Å². The molecule has 1 aliphatic rings. The van der Waals surface area contributed by atoms with Gasteiger partial charge in [-0.3, -0.25) is 4.79 Å². The first kappa shape index (κ1) is 17.3. The maximum absolute atomic E-state index is 12.6. The van der Waals surface area contributed by atoms with E-state index >= 15 is 0 Å². The van der Waals surface area contributed by atoms with Gasteiger partial charge in [0, 0.05) is 15.5 Å². The molecule has 0 heterocycles. The van der Waals surface area contributed by atoms with Gasteiger partial charge in [-0.25, -0.2) is 0 Å². The Morgan fingerprint density at radius 1 is 1.12 bits per heavy atom. The normalized spacial score (nSPS) is 15.9. The number of hydrogen-bond donors (Lipinski definition) is 1. The van der Waals surface area contributed by atoms with Gasteiger partial charge in [-0.1, -0.05) is 37.1 Å². The van der Waals surface area contributed by atoms with Gasteiger partial charge < -0.3 is 10.1 Å². The maximum Gasteiger partial charge on any atom is 0.252 e. The third-order valence-corrected chi connectivity index (χ3v) is 5.91. The van der Waals surface area contributed by atoms with Crippen LogP contribution in [0.25, 0.3) is 0 Å². The van der Waals surface area contributed by atoms with Crippen molar-refractivity contribution in [2.45, 2.75) is 31.1 Å². The van der Waals surface area contributed by atoms with Gasteiger partial charge in [0.15, 0.2) is 0 Å². The molecule has 0 atom stereocenters. The molecule has 0 unspecified atom stereocenters. The molecule has 1 fully saturated rings. The van der Waals surface area contributed by atoms with Crippen molar-refractivity contribution in [3.8, 4) is 5.75 Å². The summed E-state index contributed by atoms with van der Waals surface area (Å²) in [5.41, 5.74) is 2.09. The molecule has 1 N–H and O–H groups in total. The van der Waals surface area contributed by atoms with E-state index in [1.165, 1.54) is 18.4 Å². The molecule has 1 amide bonds. The smallest absolute Gasteiger partial charge is 0.252 e. The Hall–Kier alpha value is -1.56. The fraction of sp³-hybridized carbons (Fsp3) is 0.350. The number of ether oxygens (including phenoxy) is 1. The van der Waals surface area contributed by atoms with Crippen molar-refractivity contribution in [3.05, 3.63) is 63.2 Å². The minimum absolute atomic E-state index is 0.0137. The summed E-state index contributed by atoms with van der Waals surface area (Å²) in [4.78, 5) is 12.6. The zero-order valence-corrected chi connectivity index (χ0v) is 16.0. The number of benzene rings is 2. The molecule has 3 nitrogen and oxygen atoms in total. The van der Waals surface area contributed by atoms with E-state index in [0.717, 1.165) is 27.7 Å². The van der Waals surface area contributed by atoms with Crippen molar-refractivity contribution < 1.29 is 9.53 Å². The van der Waals surface area contributed by atoms with Crippen molar-refractivity contribution >= 4 is 28.5 Å². The topological polar surface area (TPSA) is 38.3 Å². The molecule has 4 heteroatoms. The van der Waals surface area contributed by atoms with Gasteiger partial charge in [-0.15, -0.1) is 0 Å². The summed E-state index contributed by atoms with van der Waals surface area (Å²) in [5, 5.41) is 3.17. The Bertz CT molecular complexity index is 706. The summed E-state index contributed by atoms with van der Waals surface area (Å²) < 4.78 is 6.25. The molecular formula is C20H22INO2. The van der Waals surface area contributed by atoms with Crippen LogP contribution >= 0.6 is 22.6 Å². The van der Waals surface area contributed by atoms with Crippen LogP contribution in [0.15, 0.2) is 48.5 Å². The van der Waals surface area contributed by atoms with Gasteiger partial charge in [0.25, 0.3) is 5.91 Å². The SMILES string of the molecule is COc1ccc(C2(CNC(=O)c3ccccc3I)CCCC2)cc1. The first-order chi connectivity index (χ1) is 11.6. The highest BCUT2D eigenvalue weighted by Gasteiger charge is 2.36. The molecule has 0 aliphatic heterocycles. The van der Waals surface area contributed by atoms with Gasteiger partial charge in [0.2, 0.25) is 0 Å². The van der Waals surface area contributed by atoms with Crippen molar-refractivity contribution in [3.63, 3.8) is 0 Å². The molecule has 24 heavy (non-hydrogen) atoms. The quantitative estimate of drug-likeness (QED) is 0.701. The van der Waals surface area contributed by atoms with E-state index in [1.54, 1.807) is 7.11 Å². The third-order valence-electron chi connectivity index (χ3n) is 4.97. The molecule has 1 saturated carbocycles. The number of carbonyl (C=O) groups excluding carboxylic acids is 1. The second-order valence-electron chi connectivity index (χ2n) is 6.38. The van der Waals surface area contributed by atoms with Crippen molar-refractivity contribution in [1.29, 1.82) is 0 Å². The first-order valence-electron chi connectivity index (χ1n) is 8.32. The summed E-state index contributed by atoms with van der Waals surface area (Å²) in [6.07, 6.45) is 4.66. The molecular weight excluding hydrogens is 413 g/mol. The van der Waals surface area contributed by atoms with E-state index in [2.05, 4.69) is 40.0 Å². The van der Waals surface area contributed by atoms with Crippen LogP contribution < -0.4 is 10.1 Å².